The highest BCUT2D eigenvalue weighted by Gasteiger charge is 2.15. The summed E-state index contributed by atoms with van der Waals surface area (Å²) < 4.78 is 4.29. The maximum Gasteiger partial charge on any atom is 0.511 e. The van der Waals surface area contributed by atoms with Crippen LogP contribution in [0, 0.1) is 0 Å². The van der Waals surface area contributed by atoms with E-state index in [1.807, 2.05) is 0 Å². The van der Waals surface area contributed by atoms with E-state index in [1.165, 1.54) is 18.2 Å². The third kappa shape index (κ3) is 2.43. The number of para-hydroxylation sites is 1. The van der Waals surface area contributed by atoms with Crippen molar-refractivity contribution in [3.8, 4) is 11.5 Å². The van der Waals surface area contributed by atoms with Crippen molar-refractivity contribution in [2.24, 2.45) is 0 Å². The highest BCUT2D eigenvalue weighted by Crippen LogP contribution is 2.38. The molecule has 0 amide bonds. The van der Waals surface area contributed by atoms with Crippen LogP contribution in [0.2, 0.25) is 0 Å². The van der Waals surface area contributed by atoms with Crippen molar-refractivity contribution in [1.82, 2.24) is 0 Å². The lowest BCUT2D eigenvalue weighted by atomic mass is 10.2. The number of alkyl halides is 2. The number of hydrogen-bond donors (Lipinski definition) is 2. The first-order chi connectivity index (χ1) is 6.52. The Balaban J connectivity index is 3.07. The van der Waals surface area contributed by atoms with Gasteiger partial charge in [-0.05, 0) is 6.07 Å². The van der Waals surface area contributed by atoms with Crippen LogP contribution >= 0.6 is 23.2 Å². The number of phenolic OH excluding ortho intramolecular Hbond substituents is 1. The molecule has 2 N–H and O–H groups in total. The van der Waals surface area contributed by atoms with Gasteiger partial charge in [0.05, 0.1) is 0 Å². The van der Waals surface area contributed by atoms with Crippen LogP contribution in [0.15, 0.2) is 18.2 Å². The SMILES string of the molecule is O=C(O)Oc1cccc(C(Cl)Cl)c1O. The van der Waals surface area contributed by atoms with Crippen LogP contribution in [0.1, 0.15) is 10.4 Å². The highest BCUT2D eigenvalue weighted by molar-refractivity contribution is 6.44. The summed E-state index contributed by atoms with van der Waals surface area (Å²) in [6, 6.07) is 4.24. The molecule has 0 unspecified atom stereocenters. The standard InChI is InChI=1S/C8H6Cl2O4/c9-7(10)4-2-1-3-5(6(4)11)14-8(12)13/h1-3,7,11H,(H,12,13). The molecule has 0 radical (unpaired) electrons. The predicted octanol–water partition coefficient (Wildman–Crippen LogP) is 2.93. The average molecular weight is 237 g/mol. The van der Waals surface area contributed by atoms with Gasteiger partial charge in [0, 0.05) is 5.56 Å². The third-order valence-electron chi connectivity index (χ3n) is 1.46. The number of carboxylic acid groups (broad SMARTS) is 1. The summed E-state index contributed by atoms with van der Waals surface area (Å²) in [7, 11) is 0. The maximum absolute atomic E-state index is 10.2. The number of phenols is 1. The summed E-state index contributed by atoms with van der Waals surface area (Å²) in [5.74, 6) is -0.564. The van der Waals surface area contributed by atoms with Crippen molar-refractivity contribution >= 4 is 29.4 Å². The normalized spacial score (nSPS) is 10.2. The van der Waals surface area contributed by atoms with Crippen molar-refractivity contribution < 1.29 is 19.7 Å². The monoisotopic (exact) mass is 236 g/mol. The van der Waals surface area contributed by atoms with Gasteiger partial charge in [-0.1, -0.05) is 35.3 Å². The molecule has 1 aromatic carbocycles. The Bertz CT molecular complexity index is 351. The predicted molar refractivity (Wildman–Crippen MR) is 51.2 cm³/mol. The van der Waals surface area contributed by atoms with Crippen LogP contribution in [0.25, 0.3) is 0 Å². The molecular weight excluding hydrogens is 231 g/mol. The fourth-order valence-corrected chi connectivity index (χ4v) is 1.24. The molecule has 76 valence electrons. The number of aromatic hydroxyl groups is 1. The second-order valence-corrected chi connectivity index (χ2v) is 3.46. The van der Waals surface area contributed by atoms with E-state index in [0.29, 0.717) is 0 Å². The first kappa shape index (κ1) is 10.9. The molecular formula is C8H6Cl2O4. The van der Waals surface area contributed by atoms with Gasteiger partial charge in [-0.2, -0.15) is 0 Å². The van der Waals surface area contributed by atoms with Crippen molar-refractivity contribution in [1.29, 1.82) is 0 Å². The van der Waals surface area contributed by atoms with E-state index in [2.05, 4.69) is 4.74 Å². The van der Waals surface area contributed by atoms with Crippen LogP contribution < -0.4 is 4.74 Å². The van der Waals surface area contributed by atoms with Gasteiger partial charge in [-0.3, -0.25) is 0 Å². The van der Waals surface area contributed by atoms with Crippen LogP contribution in [0.3, 0.4) is 0 Å². The molecule has 4 nitrogen and oxygen atoms in total. The van der Waals surface area contributed by atoms with Gasteiger partial charge in [0.1, 0.15) is 4.84 Å². The molecule has 0 saturated heterocycles. The number of ether oxygens (including phenoxy) is 1. The van der Waals surface area contributed by atoms with Crippen LogP contribution in [0.4, 0.5) is 4.79 Å². The average Bonchev–Trinajstić information content (AvgIpc) is 2.07. The summed E-state index contributed by atoms with van der Waals surface area (Å²) in [6.45, 7) is 0. The quantitative estimate of drug-likeness (QED) is 0.471. The van der Waals surface area contributed by atoms with Gasteiger partial charge < -0.3 is 14.9 Å². The van der Waals surface area contributed by atoms with Gasteiger partial charge in [0.25, 0.3) is 0 Å². The number of halogens is 2. The first-order valence-electron chi connectivity index (χ1n) is 3.53. The minimum Gasteiger partial charge on any atom is -0.504 e. The molecule has 1 rings (SSSR count). The van der Waals surface area contributed by atoms with Gasteiger partial charge >= 0.3 is 6.16 Å². The number of hydrogen-bond acceptors (Lipinski definition) is 3. The molecule has 0 atom stereocenters. The van der Waals surface area contributed by atoms with Crippen LogP contribution in [0.5, 0.6) is 11.5 Å². The van der Waals surface area contributed by atoms with E-state index in [4.69, 9.17) is 28.3 Å². The lowest BCUT2D eigenvalue weighted by Crippen LogP contribution is -2.03. The summed E-state index contributed by atoms with van der Waals surface area (Å²) >= 11 is 11.0. The van der Waals surface area contributed by atoms with Gasteiger partial charge in [-0.15, -0.1) is 0 Å². The topological polar surface area (TPSA) is 66.8 Å². The van der Waals surface area contributed by atoms with E-state index in [-0.39, 0.29) is 17.1 Å². The Morgan fingerprint density at radius 1 is 1.43 bits per heavy atom. The molecule has 0 aliphatic rings. The Kier molecular flexibility index (Phi) is 3.43. The van der Waals surface area contributed by atoms with Gasteiger partial charge in [0.2, 0.25) is 0 Å². The molecule has 0 aliphatic heterocycles. The molecule has 0 spiro atoms. The molecule has 0 aromatic heterocycles. The lowest BCUT2D eigenvalue weighted by Gasteiger charge is -2.08. The Labute approximate surface area is 89.6 Å². The first-order valence-corrected chi connectivity index (χ1v) is 4.40. The summed E-state index contributed by atoms with van der Waals surface area (Å²) in [4.78, 5) is 9.27. The second kappa shape index (κ2) is 4.39. The molecule has 0 saturated carbocycles. The van der Waals surface area contributed by atoms with Crippen molar-refractivity contribution in [3.63, 3.8) is 0 Å². The lowest BCUT2D eigenvalue weighted by molar-refractivity contribution is 0.143. The van der Waals surface area contributed by atoms with Gasteiger partial charge in [-0.25, -0.2) is 4.79 Å². The summed E-state index contributed by atoms with van der Waals surface area (Å²) in [5.41, 5.74) is 0.201. The molecule has 1 aromatic rings. The maximum atomic E-state index is 10.2. The smallest absolute Gasteiger partial charge is 0.504 e. The fourth-order valence-electron chi connectivity index (χ4n) is 0.892. The zero-order valence-corrected chi connectivity index (χ0v) is 8.29. The molecule has 6 heteroatoms. The zero-order chi connectivity index (χ0) is 10.7. The minimum absolute atomic E-state index is 0.193. The van der Waals surface area contributed by atoms with Crippen molar-refractivity contribution in [2.45, 2.75) is 4.84 Å². The van der Waals surface area contributed by atoms with Gasteiger partial charge in [0.15, 0.2) is 11.5 Å². The molecule has 0 aliphatic carbocycles. The van der Waals surface area contributed by atoms with E-state index in [1.54, 1.807) is 0 Å². The summed E-state index contributed by atoms with van der Waals surface area (Å²) in [6.07, 6.45) is -1.52. The van der Waals surface area contributed by atoms with Crippen molar-refractivity contribution in [2.75, 3.05) is 0 Å². The van der Waals surface area contributed by atoms with Crippen LogP contribution in [-0.2, 0) is 0 Å². The fraction of sp³-hybridized carbons (Fsp3) is 0.125. The largest absolute Gasteiger partial charge is 0.511 e. The molecule has 0 bridgehead atoms. The molecule has 14 heavy (non-hydrogen) atoms. The van der Waals surface area contributed by atoms with E-state index < -0.39 is 11.0 Å². The third-order valence-corrected chi connectivity index (χ3v) is 1.93. The van der Waals surface area contributed by atoms with E-state index in [9.17, 15) is 9.90 Å². The Hall–Kier alpha value is -1.13. The van der Waals surface area contributed by atoms with Crippen molar-refractivity contribution in [3.05, 3.63) is 23.8 Å². The molecule has 0 fully saturated rings. The Morgan fingerprint density at radius 2 is 2.07 bits per heavy atom. The summed E-state index contributed by atoms with van der Waals surface area (Å²) in [5, 5.41) is 17.8. The zero-order valence-electron chi connectivity index (χ0n) is 6.78. The molecule has 0 heterocycles. The number of carbonyl (C=O) groups is 1. The van der Waals surface area contributed by atoms with Crippen LogP contribution in [-0.4, -0.2) is 16.4 Å². The van der Waals surface area contributed by atoms with E-state index >= 15 is 0 Å². The number of benzene rings is 1. The number of rotatable bonds is 2. The minimum atomic E-state index is -1.52. The Morgan fingerprint density at radius 3 is 2.57 bits per heavy atom. The second-order valence-electron chi connectivity index (χ2n) is 2.36. The highest BCUT2D eigenvalue weighted by atomic mass is 35.5. The van der Waals surface area contributed by atoms with E-state index in [0.717, 1.165) is 0 Å².